The number of hydrogen-bond acceptors (Lipinski definition) is 5. The third-order valence-corrected chi connectivity index (χ3v) is 5.54. The second-order valence-electron chi connectivity index (χ2n) is 7.53. The first-order valence-electron chi connectivity index (χ1n) is 9.83. The van der Waals surface area contributed by atoms with Crippen LogP contribution in [0, 0.1) is 6.92 Å². The summed E-state index contributed by atoms with van der Waals surface area (Å²) in [6.45, 7) is 3.00. The molecule has 0 aliphatic carbocycles. The highest BCUT2D eigenvalue weighted by Crippen LogP contribution is 2.30. The number of fused-ring (bicyclic) bond motifs is 1. The van der Waals surface area contributed by atoms with Gasteiger partial charge in [-0.25, -0.2) is 0 Å². The molecule has 1 aliphatic heterocycles. The van der Waals surface area contributed by atoms with Crippen LogP contribution in [0.15, 0.2) is 42.7 Å². The van der Waals surface area contributed by atoms with Gasteiger partial charge in [-0.1, -0.05) is 18.2 Å². The number of aryl methyl sites for hydroxylation is 3. The number of amides is 1. The van der Waals surface area contributed by atoms with Crippen LogP contribution in [0.3, 0.4) is 0 Å². The molecule has 1 aliphatic rings. The summed E-state index contributed by atoms with van der Waals surface area (Å²) in [5, 5.41) is 17.5. The van der Waals surface area contributed by atoms with Crippen LogP contribution in [0.5, 0.6) is 0 Å². The number of nitrogens with zero attached hydrogens (tertiary/aromatic N) is 8. The summed E-state index contributed by atoms with van der Waals surface area (Å²) in [5.74, 6) is 0.645. The molecule has 0 bridgehead atoms. The Labute approximate surface area is 173 Å². The molecule has 1 aromatic carbocycles. The van der Waals surface area contributed by atoms with E-state index in [0.29, 0.717) is 24.6 Å². The average molecular weight is 402 g/mol. The van der Waals surface area contributed by atoms with Crippen molar-refractivity contribution in [2.24, 2.45) is 14.1 Å². The third kappa shape index (κ3) is 2.90. The van der Waals surface area contributed by atoms with Crippen LogP contribution in [0.4, 0.5) is 0 Å². The normalized spacial score (nSPS) is 13.5. The van der Waals surface area contributed by atoms with Gasteiger partial charge < -0.3 is 4.90 Å². The smallest absolute Gasteiger partial charge is 0.272 e. The van der Waals surface area contributed by atoms with Crippen LogP contribution in [0.25, 0.3) is 17.2 Å². The molecule has 1 amide bonds. The summed E-state index contributed by atoms with van der Waals surface area (Å²) in [6.07, 6.45) is 2.43. The number of rotatable bonds is 3. The fraction of sp³-hybridized carbons (Fsp3) is 0.286. The summed E-state index contributed by atoms with van der Waals surface area (Å²) >= 11 is 0. The maximum Gasteiger partial charge on any atom is 0.272 e. The maximum absolute atomic E-state index is 13.1. The molecule has 0 radical (unpaired) electrons. The first kappa shape index (κ1) is 18.3. The Morgan fingerprint density at radius 3 is 2.60 bits per heavy atom. The van der Waals surface area contributed by atoms with Crippen molar-refractivity contribution >= 4 is 5.91 Å². The summed E-state index contributed by atoms with van der Waals surface area (Å²) < 4.78 is 5.46. The quantitative estimate of drug-likeness (QED) is 0.522. The van der Waals surface area contributed by atoms with Crippen molar-refractivity contribution in [2.75, 3.05) is 6.54 Å². The van der Waals surface area contributed by atoms with Gasteiger partial charge >= 0.3 is 0 Å². The van der Waals surface area contributed by atoms with Gasteiger partial charge in [0.25, 0.3) is 5.91 Å². The minimum absolute atomic E-state index is 0.0249. The zero-order chi connectivity index (χ0) is 20.8. The minimum atomic E-state index is -0.0249. The van der Waals surface area contributed by atoms with Crippen LogP contribution in [-0.4, -0.2) is 51.7 Å². The summed E-state index contributed by atoms with van der Waals surface area (Å²) in [6, 6.07) is 11.8. The highest BCUT2D eigenvalue weighted by molar-refractivity contribution is 5.93. The van der Waals surface area contributed by atoms with Crippen molar-refractivity contribution < 1.29 is 4.79 Å². The Morgan fingerprint density at radius 1 is 1.07 bits per heavy atom. The topological polar surface area (TPSA) is 86.7 Å². The number of hydrogen-bond donors (Lipinski definition) is 0. The Kier molecular flexibility index (Phi) is 4.23. The van der Waals surface area contributed by atoms with E-state index in [0.717, 1.165) is 34.8 Å². The molecule has 152 valence electrons. The molecule has 0 spiro atoms. The second-order valence-corrected chi connectivity index (χ2v) is 7.53. The van der Waals surface area contributed by atoms with E-state index in [1.807, 2.05) is 64.5 Å². The van der Waals surface area contributed by atoms with E-state index in [2.05, 4.69) is 15.3 Å². The molecule has 30 heavy (non-hydrogen) atoms. The molecule has 4 aromatic rings. The van der Waals surface area contributed by atoms with Crippen molar-refractivity contribution in [1.29, 1.82) is 0 Å². The number of benzene rings is 1. The Balaban J connectivity index is 1.53. The first-order chi connectivity index (χ1) is 14.5. The van der Waals surface area contributed by atoms with E-state index in [9.17, 15) is 4.79 Å². The van der Waals surface area contributed by atoms with Crippen LogP contribution < -0.4 is 0 Å². The minimum Gasteiger partial charge on any atom is -0.332 e. The molecule has 0 unspecified atom stereocenters. The summed E-state index contributed by atoms with van der Waals surface area (Å²) in [4.78, 5) is 15.0. The maximum atomic E-state index is 13.1. The highest BCUT2D eigenvalue weighted by Gasteiger charge is 2.30. The molecule has 0 saturated carbocycles. The van der Waals surface area contributed by atoms with Gasteiger partial charge in [0.2, 0.25) is 0 Å². The molecule has 9 nitrogen and oxygen atoms in total. The van der Waals surface area contributed by atoms with E-state index in [4.69, 9.17) is 5.10 Å². The van der Waals surface area contributed by atoms with Gasteiger partial charge in [-0.3, -0.25) is 18.7 Å². The molecule has 3 aromatic heterocycles. The van der Waals surface area contributed by atoms with Crippen molar-refractivity contribution in [3.05, 3.63) is 65.4 Å². The van der Waals surface area contributed by atoms with Crippen LogP contribution in [-0.2, 0) is 27.1 Å². The molecule has 5 rings (SSSR count). The zero-order valence-electron chi connectivity index (χ0n) is 17.1. The van der Waals surface area contributed by atoms with Gasteiger partial charge in [0, 0.05) is 44.0 Å². The van der Waals surface area contributed by atoms with Gasteiger partial charge in [0.15, 0.2) is 5.82 Å². The van der Waals surface area contributed by atoms with Crippen molar-refractivity contribution in [1.82, 2.24) is 39.2 Å². The van der Waals surface area contributed by atoms with E-state index < -0.39 is 0 Å². The molecule has 0 atom stereocenters. The lowest BCUT2D eigenvalue weighted by Crippen LogP contribution is -2.37. The number of carbonyl (C=O) groups excluding carboxylic acids is 1. The Morgan fingerprint density at radius 2 is 1.87 bits per heavy atom. The van der Waals surface area contributed by atoms with Gasteiger partial charge in [-0.15, -0.1) is 10.2 Å². The molecule has 0 fully saturated rings. The monoisotopic (exact) mass is 402 g/mol. The lowest BCUT2D eigenvalue weighted by Gasteiger charge is -2.27. The van der Waals surface area contributed by atoms with E-state index in [1.54, 1.807) is 18.1 Å². The van der Waals surface area contributed by atoms with E-state index >= 15 is 0 Å². The average Bonchev–Trinajstić information content (AvgIpc) is 3.45. The third-order valence-electron chi connectivity index (χ3n) is 5.54. The van der Waals surface area contributed by atoms with Crippen molar-refractivity contribution in [2.45, 2.75) is 19.9 Å². The number of aromatic nitrogens is 7. The van der Waals surface area contributed by atoms with Gasteiger partial charge in [0.1, 0.15) is 17.7 Å². The molecule has 4 heterocycles. The summed E-state index contributed by atoms with van der Waals surface area (Å²) in [5.41, 5.74) is 5.28. The van der Waals surface area contributed by atoms with Gasteiger partial charge in [-0.05, 0) is 25.1 Å². The number of carbonyl (C=O) groups is 1. The largest absolute Gasteiger partial charge is 0.332 e. The SMILES string of the molecule is Cc1cc(C(=O)N2CCc3c(c(-c4nncn4-c4ccccc4)nn3C)C2)n(C)n1. The van der Waals surface area contributed by atoms with E-state index in [1.165, 1.54) is 0 Å². The Hall–Kier alpha value is -3.75. The number of para-hydroxylation sites is 1. The fourth-order valence-electron chi connectivity index (χ4n) is 4.09. The predicted octanol–water partition coefficient (Wildman–Crippen LogP) is 1.91. The molecule has 0 saturated heterocycles. The van der Waals surface area contributed by atoms with Gasteiger partial charge in [-0.2, -0.15) is 10.2 Å². The van der Waals surface area contributed by atoms with Crippen LogP contribution >= 0.6 is 0 Å². The molecule has 9 heteroatoms. The van der Waals surface area contributed by atoms with Gasteiger partial charge in [0.05, 0.1) is 12.2 Å². The van der Waals surface area contributed by atoms with E-state index in [-0.39, 0.29) is 5.91 Å². The van der Waals surface area contributed by atoms with Crippen molar-refractivity contribution in [3.63, 3.8) is 0 Å². The second kappa shape index (κ2) is 6.94. The summed E-state index contributed by atoms with van der Waals surface area (Å²) in [7, 11) is 3.74. The predicted molar refractivity (Wildman–Crippen MR) is 110 cm³/mol. The molecular formula is C21H22N8O. The highest BCUT2D eigenvalue weighted by atomic mass is 16.2. The first-order valence-corrected chi connectivity index (χ1v) is 9.83. The zero-order valence-corrected chi connectivity index (χ0v) is 17.1. The lowest BCUT2D eigenvalue weighted by atomic mass is 10.0. The lowest BCUT2D eigenvalue weighted by molar-refractivity contribution is 0.0722. The fourth-order valence-corrected chi connectivity index (χ4v) is 4.09. The molecule has 0 N–H and O–H groups in total. The Bertz CT molecular complexity index is 1230. The standard InChI is InChI=1S/C21H22N8O/c1-14-11-18(27(3)24-14)21(30)28-10-9-17-16(12-28)19(25-26(17)2)20-23-22-13-29(20)15-7-5-4-6-8-15/h4-8,11,13H,9-10,12H2,1-3H3. The molecular weight excluding hydrogens is 380 g/mol. The van der Waals surface area contributed by atoms with Crippen LogP contribution in [0.2, 0.25) is 0 Å². The van der Waals surface area contributed by atoms with Crippen molar-refractivity contribution in [3.8, 4) is 17.2 Å². The van der Waals surface area contributed by atoms with Crippen LogP contribution in [0.1, 0.15) is 27.4 Å².